The Morgan fingerprint density at radius 3 is 2.48 bits per heavy atom. The number of hydrogen-bond acceptors (Lipinski definition) is 2. The number of ketones is 1. The van der Waals surface area contributed by atoms with E-state index < -0.39 is 11.7 Å². The summed E-state index contributed by atoms with van der Waals surface area (Å²) in [5, 5.41) is 9.19. The normalized spacial score (nSPS) is 11.8. The molecule has 0 saturated carbocycles. The minimum Gasteiger partial charge on any atom is -0.292 e. The number of rotatable bonds is 3. The van der Waals surface area contributed by atoms with Crippen LogP contribution >= 0.6 is 11.6 Å². The molecule has 0 fully saturated rings. The van der Waals surface area contributed by atoms with Crippen LogP contribution in [0.25, 0.3) is 0 Å². The molecule has 0 aliphatic rings. The molecule has 21 heavy (non-hydrogen) atoms. The molecule has 0 aromatic heterocycles. The maximum atomic E-state index is 13.2. The van der Waals surface area contributed by atoms with Crippen molar-refractivity contribution in [2.45, 2.75) is 19.8 Å². The molecule has 106 valence electrons. The molecule has 0 heterocycles. The van der Waals surface area contributed by atoms with Gasteiger partial charge in [0.05, 0.1) is 11.1 Å². The number of nitrogens with zero attached hydrogens (tertiary/aromatic N) is 1. The molecule has 0 bridgehead atoms. The van der Waals surface area contributed by atoms with Crippen molar-refractivity contribution in [2.75, 3.05) is 0 Å². The Morgan fingerprint density at radius 1 is 1.19 bits per heavy atom. The van der Waals surface area contributed by atoms with Crippen molar-refractivity contribution in [3.63, 3.8) is 0 Å². The van der Waals surface area contributed by atoms with Gasteiger partial charge in [-0.15, -0.1) is 0 Å². The van der Waals surface area contributed by atoms with Crippen molar-refractivity contribution in [3.05, 3.63) is 69.5 Å². The van der Waals surface area contributed by atoms with Crippen molar-refractivity contribution >= 4 is 17.4 Å². The predicted molar refractivity (Wildman–Crippen MR) is 80.0 cm³/mol. The number of benzene rings is 2. The first-order valence-electron chi connectivity index (χ1n) is 6.40. The zero-order valence-corrected chi connectivity index (χ0v) is 12.4. The maximum Gasteiger partial charge on any atom is 0.184 e. The molecule has 0 N–H and O–H groups in total. The van der Waals surface area contributed by atoms with E-state index in [1.807, 2.05) is 32.0 Å². The Bertz CT molecular complexity index is 749. The average Bonchev–Trinajstić information content (AvgIpc) is 2.46. The van der Waals surface area contributed by atoms with E-state index in [1.54, 1.807) is 6.07 Å². The van der Waals surface area contributed by atoms with Gasteiger partial charge in [0.15, 0.2) is 5.78 Å². The van der Waals surface area contributed by atoms with Crippen LogP contribution in [0.15, 0.2) is 36.4 Å². The van der Waals surface area contributed by atoms with E-state index in [0.717, 1.165) is 17.2 Å². The third-order valence-electron chi connectivity index (χ3n) is 3.46. The minimum absolute atomic E-state index is 0.127. The highest BCUT2D eigenvalue weighted by atomic mass is 35.5. The first-order chi connectivity index (χ1) is 9.93. The molecule has 0 saturated heterocycles. The van der Waals surface area contributed by atoms with E-state index in [2.05, 4.69) is 0 Å². The third-order valence-corrected chi connectivity index (χ3v) is 3.75. The van der Waals surface area contributed by atoms with Crippen LogP contribution in [-0.4, -0.2) is 5.78 Å². The van der Waals surface area contributed by atoms with Crippen molar-refractivity contribution < 1.29 is 9.18 Å². The highest BCUT2D eigenvalue weighted by Gasteiger charge is 2.22. The highest BCUT2D eigenvalue weighted by molar-refractivity contribution is 6.31. The lowest BCUT2D eigenvalue weighted by Crippen LogP contribution is -2.11. The van der Waals surface area contributed by atoms with E-state index in [4.69, 9.17) is 11.6 Å². The quantitative estimate of drug-likeness (QED) is 0.778. The van der Waals surface area contributed by atoms with Gasteiger partial charge in [0.2, 0.25) is 0 Å². The summed E-state index contributed by atoms with van der Waals surface area (Å²) in [5.74, 6) is -1.90. The first kappa shape index (κ1) is 15.2. The molecule has 0 aliphatic carbocycles. The summed E-state index contributed by atoms with van der Waals surface area (Å²) in [6, 6.07) is 11.2. The number of halogens is 2. The fourth-order valence-corrected chi connectivity index (χ4v) is 2.23. The maximum absolute atomic E-state index is 13.2. The molecule has 2 nitrogen and oxygen atoms in total. The second-order valence-electron chi connectivity index (χ2n) is 4.90. The van der Waals surface area contributed by atoms with E-state index in [-0.39, 0.29) is 16.4 Å². The zero-order chi connectivity index (χ0) is 15.6. The van der Waals surface area contributed by atoms with E-state index in [9.17, 15) is 14.4 Å². The Morgan fingerprint density at radius 2 is 1.90 bits per heavy atom. The van der Waals surface area contributed by atoms with Gasteiger partial charge in [0.1, 0.15) is 11.7 Å². The van der Waals surface area contributed by atoms with Crippen molar-refractivity contribution in [1.29, 1.82) is 5.26 Å². The van der Waals surface area contributed by atoms with Crippen LogP contribution in [0.4, 0.5) is 4.39 Å². The fourth-order valence-electron chi connectivity index (χ4n) is 2.04. The van der Waals surface area contributed by atoms with Gasteiger partial charge in [-0.25, -0.2) is 4.39 Å². The van der Waals surface area contributed by atoms with Gasteiger partial charge in [0.25, 0.3) is 0 Å². The number of carbonyl (C=O) groups is 1. The Kier molecular flexibility index (Phi) is 4.40. The molecule has 2 aromatic rings. The van der Waals surface area contributed by atoms with Gasteiger partial charge in [0, 0.05) is 5.56 Å². The van der Waals surface area contributed by atoms with Crippen LogP contribution in [0.1, 0.15) is 33.0 Å². The van der Waals surface area contributed by atoms with E-state index in [0.29, 0.717) is 5.56 Å². The van der Waals surface area contributed by atoms with E-state index >= 15 is 0 Å². The van der Waals surface area contributed by atoms with Crippen LogP contribution in [0.2, 0.25) is 5.02 Å². The van der Waals surface area contributed by atoms with Crippen molar-refractivity contribution in [1.82, 2.24) is 0 Å². The van der Waals surface area contributed by atoms with Gasteiger partial charge < -0.3 is 0 Å². The average molecular weight is 302 g/mol. The molecule has 0 radical (unpaired) electrons. The molecular formula is C17H13ClFNO. The summed E-state index contributed by atoms with van der Waals surface area (Å²) in [6.07, 6.45) is 0. The second-order valence-corrected chi connectivity index (χ2v) is 5.31. The third kappa shape index (κ3) is 3.12. The number of aryl methyl sites for hydroxylation is 2. The standard InChI is InChI=1S/C17H13ClFNO/c1-10-3-4-12(7-11(10)2)14(9-20)17(21)13-5-6-16(19)15(18)8-13/h3-8,14H,1-2H3. The van der Waals surface area contributed by atoms with E-state index in [1.165, 1.54) is 12.1 Å². The summed E-state index contributed by atoms with van der Waals surface area (Å²) in [7, 11) is 0. The van der Waals surface area contributed by atoms with Gasteiger partial charge in [-0.2, -0.15) is 5.26 Å². The topological polar surface area (TPSA) is 40.9 Å². The molecule has 2 rings (SSSR count). The number of carbonyl (C=O) groups excluding carboxylic acids is 1. The van der Waals surface area contributed by atoms with Gasteiger partial charge in [-0.3, -0.25) is 4.79 Å². The van der Waals surface area contributed by atoms with Crippen LogP contribution in [0.5, 0.6) is 0 Å². The molecule has 0 aliphatic heterocycles. The summed E-state index contributed by atoms with van der Waals surface area (Å²) in [4.78, 5) is 12.4. The Balaban J connectivity index is 2.41. The van der Waals surface area contributed by atoms with Crippen LogP contribution < -0.4 is 0 Å². The SMILES string of the molecule is Cc1ccc(C(C#N)C(=O)c2ccc(F)c(Cl)c2)cc1C. The zero-order valence-electron chi connectivity index (χ0n) is 11.7. The second kappa shape index (κ2) is 6.07. The lowest BCUT2D eigenvalue weighted by atomic mass is 9.90. The van der Waals surface area contributed by atoms with Crippen LogP contribution in [0.3, 0.4) is 0 Å². The Hall–Kier alpha value is -2.18. The Labute approximate surface area is 127 Å². The minimum atomic E-state index is -0.925. The largest absolute Gasteiger partial charge is 0.292 e. The molecule has 0 spiro atoms. The molecule has 2 aromatic carbocycles. The summed E-state index contributed by atoms with van der Waals surface area (Å²) < 4.78 is 13.2. The first-order valence-corrected chi connectivity index (χ1v) is 6.78. The molecule has 0 amide bonds. The predicted octanol–water partition coefficient (Wildman–Crippen LogP) is 4.59. The van der Waals surface area contributed by atoms with Crippen LogP contribution in [0, 0.1) is 31.0 Å². The highest BCUT2D eigenvalue weighted by Crippen LogP contribution is 2.25. The molecule has 4 heteroatoms. The number of nitriles is 1. The molecule has 1 unspecified atom stereocenters. The lowest BCUT2D eigenvalue weighted by molar-refractivity contribution is 0.0979. The van der Waals surface area contributed by atoms with Gasteiger partial charge in [-0.05, 0) is 48.7 Å². The van der Waals surface area contributed by atoms with Gasteiger partial charge in [-0.1, -0.05) is 29.8 Å². The monoisotopic (exact) mass is 301 g/mol. The molecular weight excluding hydrogens is 289 g/mol. The van der Waals surface area contributed by atoms with Crippen molar-refractivity contribution in [3.8, 4) is 6.07 Å². The van der Waals surface area contributed by atoms with Crippen LogP contribution in [-0.2, 0) is 0 Å². The number of Topliss-reactive ketones (excluding diaryl/α,β-unsaturated/α-hetero) is 1. The van der Waals surface area contributed by atoms with Crippen molar-refractivity contribution in [2.24, 2.45) is 0 Å². The summed E-state index contributed by atoms with van der Waals surface area (Å²) in [5.41, 5.74) is 2.96. The smallest absolute Gasteiger partial charge is 0.184 e. The summed E-state index contributed by atoms with van der Waals surface area (Å²) in [6.45, 7) is 3.88. The molecule has 1 atom stereocenters. The summed E-state index contributed by atoms with van der Waals surface area (Å²) >= 11 is 5.69. The lowest BCUT2D eigenvalue weighted by Gasteiger charge is -2.11. The fraction of sp³-hybridized carbons (Fsp3) is 0.176. The number of hydrogen-bond donors (Lipinski definition) is 0. The van der Waals surface area contributed by atoms with Gasteiger partial charge >= 0.3 is 0 Å².